The van der Waals surface area contributed by atoms with E-state index in [1.54, 1.807) is 4.52 Å². The Morgan fingerprint density at radius 2 is 2.33 bits per heavy atom. The zero-order valence-corrected chi connectivity index (χ0v) is 8.34. The van der Waals surface area contributed by atoms with Gasteiger partial charge in [0.05, 0.1) is 0 Å². The molecule has 0 spiro atoms. The molecule has 0 amide bonds. The summed E-state index contributed by atoms with van der Waals surface area (Å²) in [7, 11) is 0. The molecule has 0 saturated heterocycles. The van der Waals surface area contributed by atoms with E-state index in [1.807, 2.05) is 25.3 Å². The van der Waals surface area contributed by atoms with Crippen LogP contribution in [0.15, 0.2) is 18.3 Å². The van der Waals surface area contributed by atoms with Crippen LogP contribution in [-0.2, 0) is 11.2 Å². The third kappa shape index (κ3) is 2.12. The number of hydrogen-bond acceptors (Lipinski definition) is 3. The average molecular weight is 205 g/mol. The first kappa shape index (κ1) is 9.64. The lowest BCUT2D eigenvalue weighted by molar-refractivity contribution is -0.136. The number of carbonyl (C=O) groups is 1. The lowest BCUT2D eigenvalue weighted by Crippen LogP contribution is -1.99. The highest BCUT2D eigenvalue weighted by Crippen LogP contribution is 2.06. The van der Waals surface area contributed by atoms with Gasteiger partial charge >= 0.3 is 5.97 Å². The van der Waals surface area contributed by atoms with Crippen molar-refractivity contribution in [3.8, 4) is 0 Å². The van der Waals surface area contributed by atoms with Crippen LogP contribution in [-0.4, -0.2) is 25.7 Å². The maximum absolute atomic E-state index is 10.4. The molecule has 5 heteroatoms. The van der Waals surface area contributed by atoms with Crippen LogP contribution in [0.1, 0.15) is 17.8 Å². The summed E-state index contributed by atoms with van der Waals surface area (Å²) in [5, 5.41) is 12.7. The first-order valence-corrected chi connectivity index (χ1v) is 4.69. The van der Waals surface area contributed by atoms with Gasteiger partial charge in [-0.3, -0.25) is 4.79 Å². The molecule has 0 aliphatic rings. The van der Waals surface area contributed by atoms with E-state index >= 15 is 0 Å². The number of aromatic nitrogens is 3. The SMILES string of the molecule is Cc1nc2ccc(CCC(=O)O)cn2n1. The van der Waals surface area contributed by atoms with E-state index in [9.17, 15) is 4.79 Å². The number of rotatable bonds is 3. The minimum Gasteiger partial charge on any atom is -0.481 e. The molecule has 0 aliphatic heterocycles. The molecular weight excluding hydrogens is 194 g/mol. The van der Waals surface area contributed by atoms with Crippen molar-refractivity contribution in [1.82, 2.24) is 14.6 Å². The third-order valence-electron chi connectivity index (χ3n) is 2.13. The Hall–Kier alpha value is -1.91. The van der Waals surface area contributed by atoms with Crippen LogP contribution in [0.4, 0.5) is 0 Å². The summed E-state index contributed by atoms with van der Waals surface area (Å²) in [5.41, 5.74) is 1.74. The van der Waals surface area contributed by atoms with Gasteiger partial charge in [0, 0.05) is 12.6 Å². The molecule has 0 aromatic carbocycles. The van der Waals surface area contributed by atoms with Gasteiger partial charge in [0.2, 0.25) is 0 Å². The molecule has 0 saturated carbocycles. The van der Waals surface area contributed by atoms with E-state index in [-0.39, 0.29) is 6.42 Å². The van der Waals surface area contributed by atoms with E-state index in [2.05, 4.69) is 10.1 Å². The second kappa shape index (κ2) is 3.68. The fraction of sp³-hybridized carbons (Fsp3) is 0.300. The Morgan fingerprint density at radius 3 is 3.07 bits per heavy atom. The highest BCUT2D eigenvalue weighted by atomic mass is 16.4. The normalized spacial score (nSPS) is 10.7. The predicted molar refractivity (Wildman–Crippen MR) is 53.7 cm³/mol. The van der Waals surface area contributed by atoms with Crippen LogP contribution in [0.25, 0.3) is 5.65 Å². The average Bonchev–Trinajstić information content (AvgIpc) is 2.53. The number of nitrogens with zero attached hydrogens (tertiary/aromatic N) is 3. The van der Waals surface area contributed by atoms with Crippen LogP contribution in [0, 0.1) is 6.92 Å². The Balaban J connectivity index is 2.26. The first-order valence-electron chi connectivity index (χ1n) is 4.69. The van der Waals surface area contributed by atoms with Crippen LogP contribution < -0.4 is 0 Å². The van der Waals surface area contributed by atoms with Gasteiger partial charge in [-0.2, -0.15) is 5.10 Å². The van der Waals surface area contributed by atoms with Gasteiger partial charge in [0.1, 0.15) is 5.82 Å². The molecule has 0 radical (unpaired) electrons. The Bertz CT molecular complexity index is 504. The zero-order chi connectivity index (χ0) is 10.8. The van der Waals surface area contributed by atoms with E-state index < -0.39 is 5.97 Å². The quantitative estimate of drug-likeness (QED) is 0.813. The number of carboxylic acids is 1. The largest absolute Gasteiger partial charge is 0.481 e. The lowest BCUT2D eigenvalue weighted by Gasteiger charge is -1.98. The van der Waals surface area contributed by atoms with Gasteiger partial charge in [-0.15, -0.1) is 0 Å². The van der Waals surface area contributed by atoms with Gasteiger partial charge in [-0.1, -0.05) is 6.07 Å². The molecule has 5 nitrogen and oxygen atoms in total. The summed E-state index contributed by atoms with van der Waals surface area (Å²) in [5.74, 6) is -0.0738. The van der Waals surface area contributed by atoms with Gasteiger partial charge in [0.15, 0.2) is 5.65 Å². The van der Waals surface area contributed by atoms with Crippen molar-refractivity contribution in [1.29, 1.82) is 0 Å². The first-order chi connectivity index (χ1) is 7.15. The van der Waals surface area contributed by atoms with Crippen molar-refractivity contribution < 1.29 is 9.90 Å². The molecule has 0 aliphatic carbocycles. The highest BCUT2D eigenvalue weighted by Gasteiger charge is 2.02. The zero-order valence-electron chi connectivity index (χ0n) is 8.34. The van der Waals surface area contributed by atoms with Gasteiger partial charge < -0.3 is 5.11 Å². The molecule has 0 unspecified atom stereocenters. The Kier molecular flexibility index (Phi) is 2.37. The van der Waals surface area contributed by atoms with Crippen molar-refractivity contribution in [2.75, 3.05) is 0 Å². The molecule has 2 heterocycles. The van der Waals surface area contributed by atoms with E-state index in [1.165, 1.54) is 0 Å². The van der Waals surface area contributed by atoms with Crippen molar-refractivity contribution in [3.63, 3.8) is 0 Å². The molecule has 0 fully saturated rings. The molecule has 0 atom stereocenters. The van der Waals surface area contributed by atoms with Crippen molar-refractivity contribution >= 4 is 11.6 Å². The number of fused-ring (bicyclic) bond motifs is 1. The maximum Gasteiger partial charge on any atom is 0.303 e. The van der Waals surface area contributed by atoms with Gasteiger partial charge in [-0.05, 0) is 25.0 Å². The topological polar surface area (TPSA) is 67.5 Å². The predicted octanol–water partition coefficient (Wildman–Crippen LogP) is 1.05. The fourth-order valence-electron chi connectivity index (χ4n) is 1.44. The summed E-state index contributed by atoms with van der Waals surface area (Å²) >= 11 is 0. The van der Waals surface area contributed by atoms with Gasteiger partial charge in [-0.25, -0.2) is 9.50 Å². The molecule has 2 aromatic rings. The number of carboxylic acid groups (broad SMARTS) is 1. The monoisotopic (exact) mass is 205 g/mol. The number of hydrogen-bond donors (Lipinski definition) is 1. The molecule has 78 valence electrons. The molecule has 2 rings (SSSR count). The van der Waals surface area contributed by atoms with Crippen LogP contribution >= 0.6 is 0 Å². The second-order valence-electron chi connectivity index (χ2n) is 3.39. The van der Waals surface area contributed by atoms with E-state index in [4.69, 9.17) is 5.11 Å². The highest BCUT2D eigenvalue weighted by molar-refractivity contribution is 5.67. The smallest absolute Gasteiger partial charge is 0.303 e. The third-order valence-corrected chi connectivity index (χ3v) is 2.13. The minimum atomic E-state index is -0.787. The maximum atomic E-state index is 10.4. The summed E-state index contributed by atoms with van der Waals surface area (Å²) < 4.78 is 1.67. The summed E-state index contributed by atoms with van der Waals surface area (Å²) in [6, 6.07) is 3.73. The fourth-order valence-corrected chi connectivity index (χ4v) is 1.44. The van der Waals surface area contributed by atoms with Crippen molar-refractivity contribution in [2.24, 2.45) is 0 Å². The van der Waals surface area contributed by atoms with E-state index in [0.717, 1.165) is 11.2 Å². The van der Waals surface area contributed by atoms with Crippen molar-refractivity contribution in [2.45, 2.75) is 19.8 Å². The number of aryl methyl sites for hydroxylation is 2. The molecule has 15 heavy (non-hydrogen) atoms. The number of aliphatic carboxylic acids is 1. The molecular formula is C10H11N3O2. The lowest BCUT2D eigenvalue weighted by atomic mass is 10.1. The Morgan fingerprint density at radius 1 is 1.53 bits per heavy atom. The summed E-state index contributed by atoms with van der Waals surface area (Å²) in [6.07, 6.45) is 2.47. The molecule has 0 bridgehead atoms. The number of pyridine rings is 1. The Labute approximate surface area is 86.4 Å². The minimum absolute atomic E-state index is 0.138. The van der Waals surface area contributed by atoms with Crippen LogP contribution in [0.2, 0.25) is 0 Å². The summed E-state index contributed by atoms with van der Waals surface area (Å²) in [4.78, 5) is 14.6. The van der Waals surface area contributed by atoms with Crippen LogP contribution in [0.3, 0.4) is 0 Å². The van der Waals surface area contributed by atoms with Crippen LogP contribution in [0.5, 0.6) is 0 Å². The molecule has 1 N–H and O–H groups in total. The second-order valence-corrected chi connectivity index (χ2v) is 3.39. The van der Waals surface area contributed by atoms with E-state index in [0.29, 0.717) is 12.2 Å². The summed E-state index contributed by atoms with van der Waals surface area (Å²) in [6.45, 7) is 1.82. The van der Waals surface area contributed by atoms with Gasteiger partial charge in [0.25, 0.3) is 0 Å². The molecule has 2 aromatic heterocycles. The van der Waals surface area contributed by atoms with Crippen molar-refractivity contribution in [3.05, 3.63) is 29.7 Å². The standard InChI is InChI=1S/C10H11N3O2/c1-7-11-9-4-2-8(3-5-10(14)15)6-13(9)12-7/h2,4,6H,3,5H2,1H3,(H,14,15).